The van der Waals surface area contributed by atoms with Crippen LogP contribution in [-0.4, -0.2) is 53.4 Å². The largest absolute Gasteiger partial charge is 0.337 e. The van der Waals surface area contributed by atoms with Crippen LogP contribution in [0.3, 0.4) is 0 Å². The highest BCUT2D eigenvalue weighted by Gasteiger charge is 2.34. The summed E-state index contributed by atoms with van der Waals surface area (Å²) in [5.41, 5.74) is 3.03. The summed E-state index contributed by atoms with van der Waals surface area (Å²) >= 11 is 0. The van der Waals surface area contributed by atoms with Gasteiger partial charge < -0.3 is 9.80 Å². The normalized spacial score (nSPS) is 21.2. The van der Waals surface area contributed by atoms with Gasteiger partial charge in [-0.2, -0.15) is 0 Å². The van der Waals surface area contributed by atoms with Crippen molar-refractivity contribution in [2.75, 3.05) is 32.7 Å². The van der Waals surface area contributed by atoms with Gasteiger partial charge in [-0.25, -0.2) is 0 Å². The predicted molar refractivity (Wildman–Crippen MR) is 112 cm³/mol. The Hall–Kier alpha value is -2.20. The van der Waals surface area contributed by atoms with Crippen LogP contribution < -0.4 is 0 Å². The molecule has 2 saturated heterocycles. The van der Waals surface area contributed by atoms with Crippen molar-refractivity contribution >= 4 is 5.91 Å². The highest BCUT2D eigenvalue weighted by molar-refractivity contribution is 5.93. The fourth-order valence-electron chi connectivity index (χ4n) is 4.80. The molecular formula is C24H31N3O. The van der Waals surface area contributed by atoms with E-state index in [2.05, 4.69) is 40.2 Å². The zero-order chi connectivity index (χ0) is 19.3. The van der Waals surface area contributed by atoms with E-state index < -0.39 is 0 Å². The number of carbonyl (C=O) groups is 1. The number of likely N-dealkylation sites (tertiary alicyclic amines) is 2. The standard InChI is InChI=1S/C24H31N3O/c1-19-6-5-13-25-23(19)24(28)27-17-12-22(18-27)21-10-15-26(16-11-21)14-9-20-7-3-2-4-8-20/h2-8,13,21-22H,9-12,14-18H2,1H3. The fraction of sp³-hybridized carbons (Fsp3) is 0.500. The summed E-state index contributed by atoms with van der Waals surface area (Å²) in [6.45, 7) is 7.31. The van der Waals surface area contributed by atoms with Gasteiger partial charge in [-0.15, -0.1) is 0 Å². The summed E-state index contributed by atoms with van der Waals surface area (Å²) in [5, 5.41) is 0. The van der Waals surface area contributed by atoms with Crippen LogP contribution in [0.15, 0.2) is 48.7 Å². The molecule has 1 amide bonds. The lowest BCUT2D eigenvalue weighted by molar-refractivity contribution is 0.0767. The SMILES string of the molecule is Cc1cccnc1C(=O)N1CCC(C2CCN(CCc3ccccc3)CC2)C1. The van der Waals surface area contributed by atoms with E-state index in [4.69, 9.17) is 0 Å². The van der Waals surface area contributed by atoms with Gasteiger partial charge in [0.25, 0.3) is 5.91 Å². The minimum absolute atomic E-state index is 0.112. The number of hydrogen-bond acceptors (Lipinski definition) is 3. The van der Waals surface area contributed by atoms with Crippen molar-refractivity contribution in [3.8, 4) is 0 Å². The molecule has 2 aliphatic rings. The molecule has 1 atom stereocenters. The fourth-order valence-corrected chi connectivity index (χ4v) is 4.80. The molecule has 4 nitrogen and oxygen atoms in total. The third-order valence-electron chi connectivity index (χ3n) is 6.58. The van der Waals surface area contributed by atoms with Crippen LogP contribution in [0.2, 0.25) is 0 Å². The molecule has 0 aliphatic carbocycles. The molecule has 0 radical (unpaired) electrons. The van der Waals surface area contributed by atoms with E-state index >= 15 is 0 Å². The highest BCUT2D eigenvalue weighted by atomic mass is 16.2. The number of pyridine rings is 1. The van der Waals surface area contributed by atoms with Crippen LogP contribution in [0.4, 0.5) is 0 Å². The Bertz CT molecular complexity index is 783. The van der Waals surface area contributed by atoms with Crippen molar-refractivity contribution in [3.05, 3.63) is 65.5 Å². The molecule has 1 aromatic heterocycles. The van der Waals surface area contributed by atoms with Gasteiger partial charge in [-0.05, 0) is 74.7 Å². The number of benzene rings is 1. The van der Waals surface area contributed by atoms with Crippen LogP contribution in [0.25, 0.3) is 0 Å². The lowest BCUT2D eigenvalue weighted by Crippen LogP contribution is -2.38. The number of aromatic nitrogens is 1. The van der Waals surface area contributed by atoms with E-state index in [0.717, 1.165) is 44.0 Å². The smallest absolute Gasteiger partial charge is 0.272 e. The van der Waals surface area contributed by atoms with Gasteiger partial charge in [0.15, 0.2) is 0 Å². The molecule has 4 rings (SSSR count). The number of aryl methyl sites for hydroxylation is 1. The van der Waals surface area contributed by atoms with Crippen molar-refractivity contribution in [2.45, 2.75) is 32.6 Å². The quantitative estimate of drug-likeness (QED) is 0.795. The van der Waals surface area contributed by atoms with Crippen molar-refractivity contribution in [1.29, 1.82) is 0 Å². The molecule has 0 spiro atoms. The second-order valence-corrected chi connectivity index (χ2v) is 8.38. The van der Waals surface area contributed by atoms with E-state index in [1.165, 1.54) is 31.5 Å². The number of carbonyl (C=O) groups excluding carboxylic acids is 1. The summed E-state index contributed by atoms with van der Waals surface area (Å²) in [5.74, 6) is 1.53. The molecule has 4 heteroatoms. The average Bonchev–Trinajstić information content (AvgIpc) is 3.23. The Morgan fingerprint density at radius 3 is 2.50 bits per heavy atom. The van der Waals surface area contributed by atoms with E-state index in [0.29, 0.717) is 11.6 Å². The number of hydrogen-bond donors (Lipinski definition) is 0. The summed E-state index contributed by atoms with van der Waals surface area (Å²) in [6, 6.07) is 14.6. The first-order valence-corrected chi connectivity index (χ1v) is 10.7. The minimum Gasteiger partial charge on any atom is -0.337 e. The summed E-state index contributed by atoms with van der Waals surface area (Å²) < 4.78 is 0. The monoisotopic (exact) mass is 377 g/mol. The Morgan fingerprint density at radius 1 is 1.00 bits per heavy atom. The molecule has 0 saturated carbocycles. The van der Waals surface area contributed by atoms with Crippen molar-refractivity contribution in [2.24, 2.45) is 11.8 Å². The Balaban J connectivity index is 1.24. The molecule has 0 N–H and O–H groups in total. The Labute approximate surface area is 168 Å². The number of nitrogens with zero attached hydrogens (tertiary/aromatic N) is 3. The third-order valence-corrected chi connectivity index (χ3v) is 6.58. The molecule has 2 fully saturated rings. The third kappa shape index (κ3) is 4.44. The Kier molecular flexibility index (Phi) is 6.06. The number of piperidine rings is 1. The van der Waals surface area contributed by atoms with Gasteiger partial charge in [0.2, 0.25) is 0 Å². The second kappa shape index (κ2) is 8.87. The first kappa shape index (κ1) is 19.1. The summed E-state index contributed by atoms with van der Waals surface area (Å²) in [7, 11) is 0. The first-order chi connectivity index (χ1) is 13.7. The average molecular weight is 378 g/mol. The highest BCUT2D eigenvalue weighted by Crippen LogP contribution is 2.32. The van der Waals surface area contributed by atoms with E-state index in [-0.39, 0.29) is 5.91 Å². The molecule has 1 unspecified atom stereocenters. The molecule has 3 heterocycles. The topological polar surface area (TPSA) is 36.4 Å². The van der Waals surface area contributed by atoms with E-state index in [1.807, 2.05) is 24.0 Å². The van der Waals surface area contributed by atoms with Crippen molar-refractivity contribution in [3.63, 3.8) is 0 Å². The van der Waals surface area contributed by atoms with Gasteiger partial charge in [-0.1, -0.05) is 36.4 Å². The van der Waals surface area contributed by atoms with Crippen LogP contribution in [0, 0.1) is 18.8 Å². The zero-order valence-corrected chi connectivity index (χ0v) is 16.9. The molecule has 148 valence electrons. The minimum atomic E-state index is 0.112. The van der Waals surface area contributed by atoms with Crippen molar-refractivity contribution < 1.29 is 4.79 Å². The van der Waals surface area contributed by atoms with Crippen LogP contribution >= 0.6 is 0 Å². The molecule has 0 bridgehead atoms. The molecule has 28 heavy (non-hydrogen) atoms. The van der Waals surface area contributed by atoms with Gasteiger partial charge in [0.1, 0.15) is 5.69 Å². The molecule has 2 aromatic rings. The first-order valence-electron chi connectivity index (χ1n) is 10.7. The van der Waals surface area contributed by atoms with Crippen LogP contribution in [0.5, 0.6) is 0 Å². The van der Waals surface area contributed by atoms with Gasteiger partial charge in [0, 0.05) is 25.8 Å². The lowest BCUT2D eigenvalue weighted by atomic mass is 9.83. The summed E-state index contributed by atoms with van der Waals surface area (Å²) in [4.78, 5) is 21.8. The zero-order valence-electron chi connectivity index (χ0n) is 16.9. The molecular weight excluding hydrogens is 346 g/mol. The summed E-state index contributed by atoms with van der Waals surface area (Å²) in [6.07, 6.45) is 6.54. The number of amides is 1. The number of rotatable bonds is 5. The van der Waals surface area contributed by atoms with E-state index in [1.54, 1.807) is 6.20 Å². The second-order valence-electron chi connectivity index (χ2n) is 8.38. The van der Waals surface area contributed by atoms with Crippen molar-refractivity contribution in [1.82, 2.24) is 14.8 Å². The van der Waals surface area contributed by atoms with Crippen LogP contribution in [-0.2, 0) is 6.42 Å². The molecule has 2 aliphatic heterocycles. The van der Waals surface area contributed by atoms with Gasteiger partial charge in [0.05, 0.1) is 0 Å². The molecule has 1 aromatic carbocycles. The Morgan fingerprint density at radius 2 is 1.75 bits per heavy atom. The maximum Gasteiger partial charge on any atom is 0.272 e. The van der Waals surface area contributed by atoms with E-state index in [9.17, 15) is 4.79 Å². The maximum absolute atomic E-state index is 12.8. The maximum atomic E-state index is 12.8. The lowest BCUT2D eigenvalue weighted by Gasteiger charge is -2.34. The van der Waals surface area contributed by atoms with Crippen LogP contribution in [0.1, 0.15) is 40.9 Å². The predicted octanol–water partition coefficient (Wildman–Crippen LogP) is 3.81. The van der Waals surface area contributed by atoms with Gasteiger partial charge >= 0.3 is 0 Å². The van der Waals surface area contributed by atoms with Gasteiger partial charge in [-0.3, -0.25) is 9.78 Å².